The average Bonchev–Trinajstić information content (AvgIpc) is 2.98. The topological polar surface area (TPSA) is 79.0 Å². The summed E-state index contributed by atoms with van der Waals surface area (Å²) < 4.78 is 5.65. The molecule has 6 nitrogen and oxygen atoms in total. The van der Waals surface area contributed by atoms with Gasteiger partial charge in [0.1, 0.15) is 5.75 Å². The van der Waals surface area contributed by atoms with Crippen molar-refractivity contribution in [3.05, 3.63) is 46.3 Å². The molecule has 1 aromatic heterocycles. The maximum absolute atomic E-state index is 12.4. The average molecular weight is 351 g/mol. The molecular formula is C17H23ClN4O2. The number of rotatable bonds is 5. The molecule has 0 saturated carbocycles. The molecule has 1 aromatic carbocycles. The van der Waals surface area contributed by atoms with Crippen LogP contribution in [0.2, 0.25) is 0 Å². The summed E-state index contributed by atoms with van der Waals surface area (Å²) in [7, 11) is 0. The van der Waals surface area contributed by atoms with Gasteiger partial charge in [-0.3, -0.25) is 9.89 Å². The van der Waals surface area contributed by atoms with Crippen molar-refractivity contribution in [3.8, 4) is 5.75 Å². The van der Waals surface area contributed by atoms with Gasteiger partial charge in [-0.2, -0.15) is 5.10 Å². The second kappa shape index (κ2) is 8.17. The molecule has 0 unspecified atom stereocenters. The highest BCUT2D eigenvalue weighted by molar-refractivity contribution is 5.94. The molecule has 2 aromatic rings. The van der Waals surface area contributed by atoms with Crippen molar-refractivity contribution in [2.45, 2.75) is 33.4 Å². The van der Waals surface area contributed by atoms with E-state index in [9.17, 15) is 4.79 Å². The van der Waals surface area contributed by atoms with Crippen LogP contribution in [0.4, 0.5) is 0 Å². The summed E-state index contributed by atoms with van der Waals surface area (Å²) in [6.07, 6.45) is 0.877. The van der Waals surface area contributed by atoms with Gasteiger partial charge in [-0.15, -0.1) is 12.4 Å². The highest BCUT2D eigenvalue weighted by Crippen LogP contribution is 2.21. The summed E-state index contributed by atoms with van der Waals surface area (Å²) in [4.78, 5) is 12.4. The van der Waals surface area contributed by atoms with Gasteiger partial charge in [0.05, 0.1) is 6.61 Å². The molecule has 0 fully saturated rings. The molecule has 24 heavy (non-hydrogen) atoms. The van der Waals surface area contributed by atoms with E-state index in [1.807, 2.05) is 32.0 Å². The number of carbonyl (C=O) groups excluding carboxylic acids is 1. The predicted molar refractivity (Wildman–Crippen MR) is 94.8 cm³/mol. The summed E-state index contributed by atoms with van der Waals surface area (Å²) in [6, 6.07) is 6.00. The monoisotopic (exact) mass is 350 g/mol. The molecule has 2 heterocycles. The number of H-pyrrole nitrogens is 1. The van der Waals surface area contributed by atoms with Crippen molar-refractivity contribution in [1.82, 2.24) is 20.8 Å². The van der Waals surface area contributed by atoms with Crippen molar-refractivity contribution in [3.63, 3.8) is 0 Å². The molecule has 0 atom stereocenters. The van der Waals surface area contributed by atoms with Gasteiger partial charge in [-0.1, -0.05) is 12.1 Å². The van der Waals surface area contributed by atoms with E-state index in [4.69, 9.17) is 4.74 Å². The number of aryl methyl sites for hydroxylation is 1. The standard InChI is InChI=1S/C17H22N4O2.ClH/c1-3-23-15-8-11(2)4-5-12(15)9-19-17(22)16-13-10-18-7-6-14(13)20-21-16;/h4-5,8,18H,3,6-7,9-10H2,1-2H3,(H,19,22)(H,20,21);1H. The van der Waals surface area contributed by atoms with E-state index in [-0.39, 0.29) is 18.3 Å². The molecular weight excluding hydrogens is 328 g/mol. The zero-order valence-electron chi connectivity index (χ0n) is 13.9. The predicted octanol–water partition coefficient (Wildman–Crippen LogP) is 2.11. The van der Waals surface area contributed by atoms with Crippen LogP contribution in [0.25, 0.3) is 0 Å². The third kappa shape index (κ3) is 3.88. The molecule has 1 aliphatic rings. The van der Waals surface area contributed by atoms with Crippen LogP contribution in [-0.2, 0) is 19.5 Å². The number of hydrogen-bond acceptors (Lipinski definition) is 4. The SMILES string of the molecule is CCOc1cc(C)ccc1CNC(=O)c1n[nH]c2c1CNCC2.Cl. The number of fused-ring (bicyclic) bond motifs is 1. The van der Waals surface area contributed by atoms with Crippen molar-refractivity contribution < 1.29 is 9.53 Å². The first kappa shape index (κ1) is 18.3. The highest BCUT2D eigenvalue weighted by Gasteiger charge is 2.21. The second-order valence-corrected chi connectivity index (χ2v) is 5.68. The van der Waals surface area contributed by atoms with Gasteiger partial charge in [0.2, 0.25) is 0 Å². The van der Waals surface area contributed by atoms with Gasteiger partial charge in [-0.05, 0) is 25.5 Å². The molecule has 3 N–H and O–H groups in total. The van der Waals surface area contributed by atoms with E-state index in [1.54, 1.807) is 0 Å². The van der Waals surface area contributed by atoms with Crippen LogP contribution in [-0.4, -0.2) is 29.3 Å². The molecule has 0 bridgehead atoms. The maximum Gasteiger partial charge on any atom is 0.272 e. The summed E-state index contributed by atoms with van der Waals surface area (Å²) in [5.41, 5.74) is 4.61. The van der Waals surface area contributed by atoms with Crippen LogP contribution in [0.15, 0.2) is 18.2 Å². The molecule has 0 radical (unpaired) electrons. The van der Waals surface area contributed by atoms with Crippen molar-refractivity contribution >= 4 is 18.3 Å². The third-order valence-corrected chi connectivity index (χ3v) is 3.98. The van der Waals surface area contributed by atoms with Gasteiger partial charge < -0.3 is 15.4 Å². The van der Waals surface area contributed by atoms with E-state index < -0.39 is 0 Å². The number of ether oxygens (including phenoxy) is 1. The number of aromatic nitrogens is 2. The Morgan fingerprint density at radius 1 is 1.42 bits per heavy atom. The van der Waals surface area contributed by atoms with Gasteiger partial charge >= 0.3 is 0 Å². The Bertz CT molecular complexity index is 715. The lowest BCUT2D eigenvalue weighted by Gasteiger charge is -2.14. The zero-order chi connectivity index (χ0) is 16.2. The fourth-order valence-electron chi connectivity index (χ4n) is 2.77. The van der Waals surface area contributed by atoms with Crippen molar-refractivity contribution in [2.75, 3.05) is 13.2 Å². The largest absolute Gasteiger partial charge is 0.494 e. The second-order valence-electron chi connectivity index (χ2n) is 5.68. The van der Waals surface area contributed by atoms with Crippen LogP contribution in [0.1, 0.15) is 39.8 Å². The summed E-state index contributed by atoms with van der Waals surface area (Å²) in [5.74, 6) is 0.660. The number of benzene rings is 1. The normalized spacial score (nSPS) is 12.9. The molecule has 0 spiro atoms. The van der Waals surface area contributed by atoms with Crippen LogP contribution in [0.3, 0.4) is 0 Å². The highest BCUT2D eigenvalue weighted by atomic mass is 35.5. The van der Waals surface area contributed by atoms with E-state index >= 15 is 0 Å². The molecule has 130 valence electrons. The smallest absolute Gasteiger partial charge is 0.272 e. The lowest BCUT2D eigenvalue weighted by atomic mass is 10.1. The first-order valence-electron chi connectivity index (χ1n) is 7.96. The fraction of sp³-hybridized carbons (Fsp3) is 0.412. The number of hydrogen-bond donors (Lipinski definition) is 3. The molecule has 1 amide bonds. The number of carbonyl (C=O) groups is 1. The summed E-state index contributed by atoms with van der Waals surface area (Å²) in [5, 5.41) is 13.4. The minimum absolute atomic E-state index is 0. The Morgan fingerprint density at radius 2 is 2.25 bits per heavy atom. The number of halogens is 1. The number of nitrogens with zero attached hydrogens (tertiary/aromatic N) is 1. The summed E-state index contributed by atoms with van der Waals surface area (Å²) in [6.45, 7) is 6.59. The Labute approximate surface area is 147 Å². The van der Waals surface area contributed by atoms with E-state index in [0.29, 0.717) is 25.4 Å². The van der Waals surface area contributed by atoms with Crippen LogP contribution in [0.5, 0.6) is 5.75 Å². The fourth-order valence-corrected chi connectivity index (χ4v) is 2.77. The minimum atomic E-state index is -0.158. The lowest BCUT2D eigenvalue weighted by molar-refractivity contribution is 0.0944. The quantitative estimate of drug-likeness (QED) is 0.771. The number of nitrogens with one attached hydrogen (secondary N) is 3. The van der Waals surface area contributed by atoms with E-state index in [1.165, 1.54) is 0 Å². The Hall–Kier alpha value is -2.05. The Kier molecular flexibility index (Phi) is 6.23. The lowest BCUT2D eigenvalue weighted by Crippen LogP contribution is -2.28. The molecule has 1 aliphatic heterocycles. The van der Waals surface area contributed by atoms with E-state index in [0.717, 1.165) is 41.1 Å². The van der Waals surface area contributed by atoms with Crippen LogP contribution in [0, 0.1) is 6.92 Å². The van der Waals surface area contributed by atoms with Crippen molar-refractivity contribution in [2.24, 2.45) is 0 Å². The first-order chi connectivity index (χ1) is 11.2. The Balaban J connectivity index is 0.00000208. The molecule has 0 saturated heterocycles. The maximum atomic E-state index is 12.4. The minimum Gasteiger partial charge on any atom is -0.494 e. The van der Waals surface area contributed by atoms with Gasteiger partial charge in [0, 0.05) is 42.9 Å². The van der Waals surface area contributed by atoms with Gasteiger partial charge in [0.25, 0.3) is 5.91 Å². The Morgan fingerprint density at radius 3 is 3.04 bits per heavy atom. The van der Waals surface area contributed by atoms with Gasteiger partial charge in [-0.25, -0.2) is 0 Å². The molecule has 3 rings (SSSR count). The number of aromatic amines is 1. The van der Waals surface area contributed by atoms with E-state index in [2.05, 4.69) is 20.8 Å². The zero-order valence-corrected chi connectivity index (χ0v) is 14.8. The summed E-state index contributed by atoms with van der Waals surface area (Å²) >= 11 is 0. The molecule has 0 aliphatic carbocycles. The van der Waals surface area contributed by atoms with Crippen molar-refractivity contribution in [1.29, 1.82) is 0 Å². The third-order valence-electron chi connectivity index (χ3n) is 3.98. The first-order valence-corrected chi connectivity index (χ1v) is 7.96. The molecule has 7 heteroatoms. The van der Waals surface area contributed by atoms with Crippen LogP contribution >= 0.6 is 12.4 Å². The van der Waals surface area contributed by atoms with Crippen LogP contribution < -0.4 is 15.4 Å². The number of amides is 1. The van der Waals surface area contributed by atoms with Gasteiger partial charge in [0.15, 0.2) is 5.69 Å².